The molecule has 0 aliphatic rings. The molecule has 0 bridgehead atoms. The van der Waals surface area contributed by atoms with E-state index in [9.17, 15) is 44.3 Å². The van der Waals surface area contributed by atoms with Gasteiger partial charge in [0.15, 0.2) is 17.4 Å². The van der Waals surface area contributed by atoms with Gasteiger partial charge in [-0.3, -0.25) is 9.59 Å². The highest BCUT2D eigenvalue weighted by Gasteiger charge is 2.45. The molecule has 2 heterocycles. The Morgan fingerprint density at radius 1 is 0.938 bits per heavy atom. The van der Waals surface area contributed by atoms with Crippen molar-refractivity contribution in [3.8, 4) is 5.82 Å². The van der Waals surface area contributed by atoms with E-state index < -0.39 is 50.7 Å². The summed E-state index contributed by atoms with van der Waals surface area (Å²) in [6.45, 7) is 4.41. The minimum Gasteiger partial charge on any atom is -0.294 e. The monoisotopic (exact) mass is 734 g/mol. The number of rotatable bonds is 11. The molecule has 0 fully saturated rings. The number of sulfonamides is 1. The summed E-state index contributed by atoms with van der Waals surface area (Å²) in [5.41, 5.74) is -3.41. The third-order valence-electron chi connectivity index (χ3n) is 6.99. The van der Waals surface area contributed by atoms with Crippen LogP contribution in [0.25, 0.3) is 5.82 Å². The highest BCUT2D eigenvalue weighted by atomic mass is 35.5. The zero-order valence-electron chi connectivity index (χ0n) is 25.3. The van der Waals surface area contributed by atoms with Crippen LogP contribution in [0.2, 0.25) is 10.0 Å². The molecule has 0 radical (unpaired) electrons. The molecule has 0 saturated heterocycles. The highest BCUT2D eigenvalue weighted by Crippen LogP contribution is 2.41. The first-order valence-electron chi connectivity index (χ1n) is 14.0. The van der Waals surface area contributed by atoms with Crippen molar-refractivity contribution >= 4 is 44.8 Å². The van der Waals surface area contributed by atoms with Gasteiger partial charge in [-0.2, -0.15) is 31.4 Å². The predicted molar refractivity (Wildman–Crippen MR) is 165 cm³/mol. The van der Waals surface area contributed by atoms with Gasteiger partial charge in [0.2, 0.25) is 10.0 Å². The molecule has 0 spiro atoms. The first-order valence-corrected chi connectivity index (χ1v) is 16.3. The van der Waals surface area contributed by atoms with E-state index in [2.05, 4.69) is 10.1 Å². The molecule has 256 valence electrons. The van der Waals surface area contributed by atoms with Crippen LogP contribution in [-0.2, 0) is 35.3 Å². The summed E-state index contributed by atoms with van der Waals surface area (Å²) in [7, 11) is -5.48. The Kier molecular flexibility index (Phi) is 10.8. The molecule has 0 atom stereocenters. The number of aryl methyl sites for hydroxylation is 1. The number of ketones is 2. The van der Waals surface area contributed by atoms with Crippen molar-refractivity contribution in [2.45, 2.75) is 57.4 Å². The van der Waals surface area contributed by atoms with E-state index in [0.717, 1.165) is 10.7 Å². The molecule has 0 amide bonds. The Morgan fingerprint density at radius 2 is 1.56 bits per heavy atom. The smallest absolute Gasteiger partial charge is 0.294 e. The van der Waals surface area contributed by atoms with E-state index in [-0.39, 0.29) is 69.5 Å². The summed E-state index contributed by atoms with van der Waals surface area (Å²) in [5.74, 6) is -0.992. The number of hydrogen-bond donors (Lipinski definition) is 1. The quantitative estimate of drug-likeness (QED) is 0.123. The predicted octanol–water partition coefficient (Wildman–Crippen LogP) is 8.05. The topological polar surface area (TPSA) is 111 Å². The lowest BCUT2D eigenvalue weighted by molar-refractivity contribution is -0.147. The summed E-state index contributed by atoms with van der Waals surface area (Å²) in [5, 5.41) is 4.45. The molecule has 0 aliphatic carbocycles. The Morgan fingerprint density at radius 3 is 2.12 bits per heavy atom. The van der Waals surface area contributed by atoms with Crippen LogP contribution in [0.15, 0.2) is 59.6 Å². The van der Waals surface area contributed by atoms with E-state index in [1.54, 1.807) is 17.7 Å². The maximum absolute atomic E-state index is 13.8. The number of hydrogen-bond acceptors (Lipinski definition) is 6. The molecular weight excluding hydrogens is 709 g/mol. The lowest BCUT2D eigenvalue weighted by atomic mass is 9.91. The zero-order chi connectivity index (χ0) is 35.8. The van der Waals surface area contributed by atoms with Crippen molar-refractivity contribution in [2.75, 3.05) is 0 Å². The Balaban J connectivity index is 1.77. The average molecular weight is 736 g/mol. The number of benzene rings is 2. The molecule has 2 aromatic heterocycles. The number of carbonyl (C=O) groups is 2. The van der Waals surface area contributed by atoms with Crippen LogP contribution in [0, 0.1) is 12.8 Å². The van der Waals surface area contributed by atoms with Crippen LogP contribution in [0.3, 0.4) is 0 Å². The first kappa shape index (κ1) is 37.0. The molecule has 17 heteroatoms. The zero-order valence-corrected chi connectivity index (χ0v) is 27.6. The number of halogens is 8. The van der Waals surface area contributed by atoms with Crippen molar-refractivity contribution < 1.29 is 44.3 Å². The van der Waals surface area contributed by atoms with Gasteiger partial charge in [0, 0.05) is 29.6 Å². The van der Waals surface area contributed by atoms with Gasteiger partial charge in [0.1, 0.15) is 10.6 Å². The summed E-state index contributed by atoms with van der Waals surface area (Å²) in [6.07, 6.45) is -9.77. The third kappa shape index (κ3) is 8.25. The summed E-state index contributed by atoms with van der Waals surface area (Å²) in [4.78, 5) is 29.0. The van der Waals surface area contributed by atoms with Crippen molar-refractivity contribution in [2.24, 2.45) is 5.92 Å². The van der Waals surface area contributed by atoms with Crippen LogP contribution in [0.4, 0.5) is 26.3 Å². The molecule has 0 saturated carbocycles. The van der Waals surface area contributed by atoms with Gasteiger partial charge in [-0.15, -0.1) is 0 Å². The minimum absolute atomic E-state index is 0.00490. The number of nitrogens with zero attached hydrogens (tertiary/aromatic N) is 3. The lowest BCUT2D eigenvalue weighted by Crippen LogP contribution is -2.29. The molecule has 4 aromatic rings. The molecule has 1 N–H and O–H groups in total. The van der Waals surface area contributed by atoms with E-state index >= 15 is 0 Å². The van der Waals surface area contributed by atoms with Gasteiger partial charge < -0.3 is 0 Å². The standard InChI is InChI=1S/C31H26Cl2F6N4O4S/c1-16(2)10-26(44)21-12-18(32)11-17(3)20(21)14-27(45)25-13-19(42-43(25)29-24(33)8-5-9-40-29)15-41-48(46,47)28-22(30(34,35)36)6-4-7-23(28)31(37,38)39/h4-9,11-13,16,41H,10,14-15H2,1-3H3. The maximum atomic E-state index is 13.8. The SMILES string of the molecule is Cc1cc(Cl)cc(C(=O)CC(C)C)c1CC(=O)c1cc(CNS(=O)(=O)c2c(C(F)(F)F)cccc2C(F)(F)F)nn1-c1ncccc1Cl. The summed E-state index contributed by atoms with van der Waals surface area (Å²) in [6, 6.07) is 7.89. The van der Waals surface area contributed by atoms with E-state index in [1.807, 2.05) is 13.8 Å². The summed E-state index contributed by atoms with van der Waals surface area (Å²) >= 11 is 12.5. The van der Waals surface area contributed by atoms with Crippen LogP contribution < -0.4 is 4.72 Å². The first-order chi connectivity index (χ1) is 22.2. The van der Waals surface area contributed by atoms with Gasteiger partial charge in [-0.05, 0) is 66.4 Å². The van der Waals surface area contributed by atoms with Crippen molar-refractivity contribution in [3.05, 3.63) is 104 Å². The van der Waals surface area contributed by atoms with Crippen molar-refractivity contribution in [3.63, 3.8) is 0 Å². The van der Waals surface area contributed by atoms with Gasteiger partial charge in [0.05, 0.1) is 28.4 Å². The van der Waals surface area contributed by atoms with Crippen LogP contribution in [0.1, 0.15) is 69.1 Å². The van der Waals surface area contributed by atoms with Gasteiger partial charge in [-0.25, -0.2) is 22.8 Å². The fraction of sp³-hybridized carbons (Fsp3) is 0.290. The molecule has 48 heavy (non-hydrogen) atoms. The molecule has 0 unspecified atom stereocenters. The van der Waals surface area contributed by atoms with Crippen LogP contribution >= 0.6 is 23.2 Å². The highest BCUT2D eigenvalue weighted by molar-refractivity contribution is 7.89. The van der Waals surface area contributed by atoms with Crippen molar-refractivity contribution in [1.29, 1.82) is 0 Å². The lowest BCUT2D eigenvalue weighted by Gasteiger charge is -2.18. The van der Waals surface area contributed by atoms with Crippen LogP contribution in [0.5, 0.6) is 0 Å². The Labute approximate surface area is 281 Å². The Hall–Kier alpha value is -3.79. The number of carbonyl (C=O) groups excluding carboxylic acids is 2. The maximum Gasteiger partial charge on any atom is 0.417 e. The third-order valence-corrected chi connectivity index (χ3v) is 9.01. The van der Waals surface area contributed by atoms with Gasteiger partial charge in [0.25, 0.3) is 0 Å². The fourth-order valence-electron chi connectivity index (χ4n) is 4.91. The van der Waals surface area contributed by atoms with E-state index in [1.165, 1.54) is 24.4 Å². The number of nitrogens with one attached hydrogen (secondary N) is 1. The molecule has 4 rings (SSSR count). The molecule has 2 aromatic carbocycles. The van der Waals surface area contributed by atoms with E-state index in [4.69, 9.17) is 23.2 Å². The molecule has 8 nitrogen and oxygen atoms in total. The Bertz CT molecular complexity index is 1960. The van der Waals surface area contributed by atoms with Gasteiger partial charge in [-0.1, -0.05) is 43.1 Å². The largest absolute Gasteiger partial charge is 0.417 e. The molecule has 0 aliphatic heterocycles. The number of pyridine rings is 1. The number of Topliss-reactive ketones (excluding diaryl/α,β-unsaturated/α-hetero) is 2. The second kappa shape index (κ2) is 14.0. The second-order valence-corrected chi connectivity index (χ2v) is 13.7. The van der Waals surface area contributed by atoms with E-state index in [0.29, 0.717) is 17.2 Å². The fourth-order valence-corrected chi connectivity index (χ4v) is 6.82. The van der Waals surface area contributed by atoms with Crippen LogP contribution in [-0.4, -0.2) is 34.7 Å². The van der Waals surface area contributed by atoms with Gasteiger partial charge >= 0.3 is 12.4 Å². The number of alkyl halides is 6. The number of aromatic nitrogens is 3. The second-order valence-electron chi connectivity index (χ2n) is 11.1. The normalized spacial score (nSPS) is 12.5. The summed E-state index contributed by atoms with van der Waals surface area (Å²) < 4.78 is 111. The average Bonchev–Trinajstić information content (AvgIpc) is 3.40. The minimum atomic E-state index is -5.48. The van der Waals surface area contributed by atoms with Crippen molar-refractivity contribution in [1.82, 2.24) is 19.5 Å². The molecular formula is C31H26Cl2F6N4O4S.